The molecular weight excluding hydrogens is 348 g/mol. The van der Waals surface area contributed by atoms with Crippen LogP contribution >= 0.6 is 11.3 Å². The van der Waals surface area contributed by atoms with Gasteiger partial charge in [0.1, 0.15) is 6.33 Å². The maximum absolute atomic E-state index is 12.1. The van der Waals surface area contributed by atoms with Crippen LogP contribution in [0.15, 0.2) is 46.9 Å². The van der Waals surface area contributed by atoms with Gasteiger partial charge in [0.25, 0.3) is 0 Å². The molecular formula is C15H16N4O3S2. The molecule has 3 aromatic rings. The molecule has 0 radical (unpaired) electrons. The van der Waals surface area contributed by atoms with Gasteiger partial charge in [-0.1, -0.05) is 18.2 Å². The Morgan fingerprint density at radius 1 is 1.25 bits per heavy atom. The highest BCUT2D eigenvalue weighted by Crippen LogP contribution is 2.13. The Morgan fingerprint density at radius 3 is 2.83 bits per heavy atom. The fourth-order valence-electron chi connectivity index (χ4n) is 2.23. The van der Waals surface area contributed by atoms with Gasteiger partial charge in [0, 0.05) is 24.8 Å². The zero-order chi connectivity index (χ0) is 17.0. The molecule has 3 rings (SSSR count). The van der Waals surface area contributed by atoms with E-state index >= 15 is 0 Å². The van der Waals surface area contributed by atoms with Gasteiger partial charge in [0.05, 0.1) is 16.3 Å². The topological polar surface area (TPSA) is 93.4 Å². The second kappa shape index (κ2) is 7.10. The molecule has 2 aromatic heterocycles. The van der Waals surface area contributed by atoms with E-state index in [4.69, 9.17) is 0 Å². The average Bonchev–Trinajstić information content (AvgIpc) is 3.19. The number of carbonyl (C=O) groups is 1. The Hall–Kier alpha value is -2.26. The number of fused-ring (bicyclic) bond motifs is 1. The average molecular weight is 364 g/mol. The monoisotopic (exact) mass is 364 g/mol. The van der Waals surface area contributed by atoms with E-state index < -0.39 is 9.84 Å². The van der Waals surface area contributed by atoms with Gasteiger partial charge >= 0.3 is 0 Å². The van der Waals surface area contributed by atoms with E-state index in [-0.39, 0.29) is 23.0 Å². The summed E-state index contributed by atoms with van der Waals surface area (Å²) in [6.07, 6.45) is 2.04. The van der Waals surface area contributed by atoms with Crippen LogP contribution in [0.4, 0.5) is 0 Å². The lowest BCUT2D eigenvalue weighted by Crippen LogP contribution is -2.27. The van der Waals surface area contributed by atoms with Gasteiger partial charge in [0.2, 0.25) is 10.9 Å². The summed E-state index contributed by atoms with van der Waals surface area (Å²) in [6.45, 7) is 0.426. The molecule has 9 heteroatoms. The summed E-state index contributed by atoms with van der Waals surface area (Å²) in [5, 5.41) is 8.79. The SMILES string of the molecule is O=C(CCS(=O)(=O)c1ccccc1)NCCc1csc2ncnn12. The van der Waals surface area contributed by atoms with Crippen molar-refractivity contribution in [3.8, 4) is 0 Å². The van der Waals surface area contributed by atoms with E-state index in [1.807, 2.05) is 5.38 Å². The van der Waals surface area contributed by atoms with E-state index in [9.17, 15) is 13.2 Å². The quantitative estimate of drug-likeness (QED) is 0.682. The van der Waals surface area contributed by atoms with Crippen molar-refractivity contribution in [1.29, 1.82) is 0 Å². The third-order valence-electron chi connectivity index (χ3n) is 3.49. The number of rotatable bonds is 7. The molecule has 0 aliphatic heterocycles. The summed E-state index contributed by atoms with van der Waals surface area (Å²) in [7, 11) is -3.43. The van der Waals surface area contributed by atoms with Crippen LogP contribution in [0.25, 0.3) is 4.96 Å². The maximum Gasteiger partial charge on any atom is 0.221 e. The molecule has 0 spiro atoms. The van der Waals surface area contributed by atoms with Crippen molar-refractivity contribution in [3.63, 3.8) is 0 Å². The second-order valence-electron chi connectivity index (χ2n) is 5.16. The van der Waals surface area contributed by atoms with Crippen LogP contribution in [0.5, 0.6) is 0 Å². The lowest BCUT2D eigenvalue weighted by atomic mass is 10.3. The molecule has 0 aliphatic rings. The van der Waals surface area contributed by atoms with Crippen LogP contribution in [0, 0.1) is 0 Å². The van der Waals surface area contributed by atoms with Gasteiger partial charge in [-0.05, 0) is 12.1 Å². The molecule has 2 heterocycles. The molecule has 0 bridgehead atoms. The fraction of sp³-hybridized carbons (Fsp3) is 0.267. The molecule has 0 saturated heterocycles. The van der Waals surface area contributed by atoms with Crippen molar-refractivity contribution in [2.45, 2.75) is 17.7 Å². The van der Waals surface area contributed by atoms with Crippen molar-refractivity contribution >= 4 is 32.0 Å². The standard InChI is InChI=1S/C15H16N4O3S2/c20-14(7-9-24(21,22)13-4-2-1-3-5-13)16-8-6-12-10-23-15-17-11-18-19(12)15/h1-5,10-11H,6-9H2,(H,16,20). The summed E-state index contributed by atoms with van der Waals surface area (Å²) in [6, 6.07) is 8.15. The summed E-state index contributed by atoms with van der Waals surface area (Å²) in [5.74, 6) is -0.478. The second-order valence-corrected chi connectivity index (χ2v) is 8.11. The molecule has 0 atom stereocenters. The summed E-state index contributed by atoms with van der Waals surface area (Å²) >= 11 is 1.49. The van der Waals surface area contributed by atoms with Crippen LogP contribution in [-0.4, -0.2) is 41.2 Å². The van der Waals surface area contributed by atoms with Crippen molar-refractivity contribution in [2.24, 2.45) is 0 Å². The van der Waals surface area contributed by atoms with E-state index in [1.54, 1.807) is 22.7 Å². The number of nitrogens with zero attached hydrogens (tertiary/aromatic N) is 3. The Bertz CT molecular complexity index is 932. The molecule has 0 aliphatic carbocycles. The zero-order valence-corrected chi connectivity index (χ0v) is 14.4. The van der Waals surface area contributed by atoms with E-state index in [0.717, 1.165) is 10.7 Å². The first-order valence-electron chi connectivity index (χ1n) is 7.37. The molecule has 1 N–H and O–H groups in total. The first kappa shape index (κ1) is 16.6. The van der Waals surface area contributed by atoms with Crippen LogP contribution in [0.1, 0.15) is 12.1 Å². The third-order valence-corrected chi connectivity index (χ3v) is 6.10. The van der Waals surface area contributed by atoms with Gasteiger partial charge in [-0.2, -0.15) is 5.10 Å². The first-order chi connectivity index (χ1) is 11.6. The largest absolute Gasteiger partial charge is 0.356 e. The first-order valence-corrected chi connectivity index (χ1v) is 9.90. The predicted octanol–water partition coefficient (Wildman–Crippen LogP) is 1.31. The van der Waals surface area contributed by atoms with E-state index in [2.05, 4.69) is 15.4 Å². The molecule has 1 amide bonds. The maximum atomic E-state index is 12.1. The van der Waals surface area contributed by atoms with Crippen LogP contribution in [0.2, 0.25) is 0 Å². The lowest BCUT2D eigenvalue weighted by molar-refractivity contribution is -0.120. The normalized spacial score (nSPS) is 11.7. The van der Waals surface area contributed by atoms with Crippen molar-refractivity contribution in [3.05, 3.63) is 47.7 Å². The number of amides is 1. The number of nitrogens with one attached hydrogen (secondary N) is 1. The Kier molecular flexibility index (Phi) is 4.91. The lowest BCUT2D eigenvalue weighted by Gasteiger charge is -2.06. The Morgan fingerprint density at radius 2 is 2.04 bits per heavy atom. The van der Waals surface area contributed by atoms with Gasteiger partial charge in [-0.15, -0.1) is 11.3 Å². The molecule has 0 fully saturated rings. The van der Waals surface area contributed by atoms with Crippen LogP contribution in [-0.2, 0) is 21.1 Å². The molecule has 7 nitrogen and oxygen atoms in total. The fourth-order valence-corrected chi connectivity index (χ4v) is 4.33. The minimum atomic E-state index is -3.43. The number of hydrogen-bond donors (Lipinski definition) is 1. The number of carbonyl (C=O) groups excluding carboxylic acids is 1. The minimum Gasteiger partial charge on any atom is -0.356 e. The molecule has 0 unspecified atom stereocenters. The third kappa shape index (κ3) is 3.80. The van der Waals surface area contributed by atoms with E-state index in [0.29, 0.717) is 13.0 Å². The van der Waals surface area contributed by atoms with Gasteiger partial charge in [0.15, 0.2) is 9.84 Å². The highest BCUT2D eigenvalue weighted by Gasteiger charge is 2.16. The molecule has 1 aromatic carbocycles. The summed E-state index contributed by atoms with van der Waals surface area (Å²) < 4.78 is 26.0. The highest BCUT2D eigenvalue weighted by molar-refractivity contribution is 7.91. The predicted molar refractivity (Wildman–Crippen MR) is 90.7 cm³/mol. The number of aromatic nitrogens is 3. The molecule has 0 saturated carbocycles. The number of benzene rings is 1. The summed E-state index contributed by atoms with van der Waals surface area (Å²) in [5.41, 5.74) is 0.963. The van der Waals surface area contributed by atoms with Gasteiger partial charge in [-0.25, -0.2) is 17.9 Å². The Labute approximate surface area is 143 Å². The number of thiazole rings is 1. The summed E-state index contributed by atoms with van der Waals surface area (Å²) in [4.78, 5) is 17.0. The van der Waals surface area contributed by atoms with Crippen LogP contribution in [0.3, 0.4) is 0 Å². The highest BCUT2D eigenvalue weighted by atomic mass is 32.2. The Balaban J connectivity index is 1.47. The smallest absolute Gasteiger partial charge is 0.221 e. The van der Waals surface area contributed by atoms with E-state index in [1.165, 1.54) is 29.8 Å². The number of sulfone groups is 1. The molecule has 126 valence electrons. The molecule has 24 heavy (non-hydrogen) atoms. The van der Waals surface area contributed by atoms with Crippen LogP contribution < -0.4 is 5.32 Å². The minimum absolute atomic E-state index is 0.0560. The van der Waals surface area contributed by atoms with Crippen molar-refractivity contribution in [2.75, 3.05) is 12.3 Å². The number of hydrogen-bond acceptors (Lipinski definition) is 6. The van der Waals surface area contributed by atoms with Crippen molar-refractivity contribution in [1.82, 2.24) is 19.9 Å². The van der Waals surface area contributed by atoms with Gasteiger partial charge in [-0.3, -0.25) is 4.79 Å². The zero-order valence-electron chi connectivity index (χ0n) is 12.8. The van der Waals surface area contributed by atoms with Crippen molar-refractivity contribution < 1.29 is 13.2 Å². The van der Waals surface area contributed by atoms with Gasteiger partial charge < -0.3 is 5.32 Å².